The molecule has 0 radical (unpaired) electrons. The van der Waals surface area contributed by atoms with E-state index in [0.717, 1.165) is 0 Å². The van der Waals surface area contributed by atoms with Crippen LogP contribution in [-0.2, 0) is 0 Å². The molecule has 2 rings (SSSR count). The molecule has 7 heteroatoms. The number of halogens is 4. The molecule has 1 amide bonds. The summed E-state index contributed by atoms with van der Waals surface area (Å²) in [5.41, 5.74) is -0.335. The van der Waals surface area contributed by atoms with Crippen LogP contribution < -0.4 is 5.32 Å². The van der Waals surface area contributed by atoms with Crippen LogP contribution in [0.15, 0.2) is 34.9 Å². The van der Waals surface area contributed by atoms with Gasteiger partial charge in [0.05, 0.1) is 0 Å². The van der Waals surface area contributed by atoms with Gasteiger partial charge in [0.25, 0.3) is 5.91 Å². The number of benzene rings is 1. The van der Waals surface area contributed by atoms with Gasteiger partial charge in [-0.1, -0.05) is 6.07 Å². The number of rotatable bonds is 2. The molecule has 0 aliphatic heterocycles. The monoisotopic (exact) mass is 330 g/mol. The second-order valence-corrected chi connectivity index (χ2v) is 4.37. The van der Waals surface area contributed by atoms with Gasteiger partial charge in [-0.3, -0.25) is 4.79 Å². The lowest BCUT2D eigenvalue weighted by molar-refractivity contribution is 0.102. The lowest BCUT2D eigenvalue weighted by atomic mass is 10.2. The van der Waals surface area contributed by atoms with Gasteiger partial charge in [-0.05, 0) is 40.2 Å². The van der Waals surface area contributed by atoms with Gasteiger partial charge in [0, 0.05) is 5.56 Å². The maximum atomic E-state index is 13.0. The van der Waals surface area contributed by atoms with E-state index in [2.05, 4.69) is 26.2 Å². The third-order valence-electron chi connectivity index (χ3n) is 2.20. The molecule has 0 unspecified atom stereocenters. The molecule has 0 bridgehead atoms. The van der Waals surface area contributed by atoms with Crippen LogP contribution in [0.4, 0.5) is 19.0 Å². The van der Waals surface area contributed by atoms with Gasteiger partial charge in [0.1, 0.15) is 10.4 Å². The topological polar surface area (TPSA) is 42.0 Å². The van der Waals surface area contributed by atoms with Crippen LogP contribution in [0.1, 0.15) is 10.4 Å². The van der Waals surface area contributed by atoms with Crippen molar-refractivity contribution in [2.75, 3.05) is 5.32 Å². The number of nitrogens with zero attached hydrogens (tertiary/aromatic N) is 1. The lowest BCUT2D eigenvalue weighted by Crippen LogP contribution is -2.14. The highest BCUT2D eigenvalue weighted by Crippen LogP contribution is 2.16. The van der Waals surface area contributed by atoms with Crippen molar-refractivity contribution in [1.29, 1.82) is 0 Å². The van der Waals surface area contributed by atoms with Gasteiger partial charge in [0.15, 0.2) is 17.5 Å². The van der Waals surface area contributed by atoms with E-state index >= 15 is 0 Å². The van der Waals surface area contributed by atoms with E-state index in [4.69, 9.17) is 0 Å². The van der Waals surface area contributed by atoms with E-state index in [1.54, 1.807) is 12.1 Å². The molecule has 19 heavy (non-hydrogen) atoms. The number of pyridine rings is 1. The summed E-state index contributed by atoms with van der Waals surface area (Å²) in [6, 6.07) is 6.00. The van der Waals surface area contributed by atoms with E-state index in [1.165, 1.54) is 6.07 Å². The summed E-state index contributed by atoms with van der Waals surface area (Å²) >= 11 is 3.11. The Hall–Kier alpha value is -1.89. The van der Waals surface area contributed by atoms with Crippen molar-refractivity contribution in [2.24, 2.45) is 0 Å². The Labute approximate surface area is 114 Å². The van der Waals surface area contributed by atoms with Gasteiger partial charge in [-0.25, -0.2) is 18.2 Å². The van der Waals surface area contributed by atoms with Crippen molar-refractivity contribution >= 4 is 27.7 Å². The van der Waals surface area contributed by atoms with Crippen LogP contribution in [0.3, 0.4) is 0 Å². The fourth-order valence-corrected chi connectivity index (χ4v) is 1.70. The summed E-state index contributed by atoms with van der Waals surface area (Å²) in [6.07, 6.45) is 0. The fraction of sp³-hybridized carbons (Fsp3) is 0. The fourth-order valence-electron chi connectivity index (χ4n) is 1.35. The molecule has 0 fully saturated rings. The van der Waals surface area contributed by atoms with E-state index in [9.17, 15) is 18.0 Å². The highest BCUT2D eigenvalue weighted by atomic mass is 79.9. The van der Waals surface area contributed by atoms with Gasteiger partial charge in [-0.2, -0.15) is 0 Å². The highest BCUT2D eigenvalue weighted by Gasteiger charge is 2.15. The number of carbonyl (C=O) groups excluding carboxylic acids is 1. The van der Waals surface area contributed by atoms with E-state index in [0.29, 0.717) is 16.7 Å². The molecule has 0 aliphatic carbocycles. The van der Waals surface area contributed by atoms with E-state index in [1.807, 2.05) is 0 Å². The van der Waals surface area contributed by atoms with E-state index in [-0.39, 0.29) is 11.4 Å². The Balaban J connectivity index is 2.25. The molecule has 0 atom stereocenters. The molecule has 3 nitrogen and oxygen atoms in total. The summed E-state index contributed by atoms with van der Waals surface area (Å²) in [5.74, 6) is -5.05. The molecule has 98 valence electrons. The number of aromatic nitrogens is 1. The zero-order chi connectivity index (χ0) is 14.0. The molecule has 0 aliphatic rings. The second-order valence-electron chi connectivity index (χ2n) is 3.55. The minimum atomic E-state index is -1.61. The minimum absolute atomic E-state index is 0.199. The summed E-state index contributed by atoms with van der Waals surface area (Å²) in [6.45, 7) is 0. The molecule has 0 saturated carbocycles. The normalized spacial score (nSPS) is 10.3. The number of hydrogen-bond acceptors (Lipinski definition) is 2. The summed E-state index contributed by atoms with van der Waals surface area (Å²) in [4.78, 5) is 15.6. The number of hydrogen-bond donors (Lipinski definition) is 1. The molecule has 0 spiro atoms. The van der Waals surface area contributed by atoms with Crippen LogP contribution in [0.25, 0.3) is 0 Å². The van der Waals surface area contributed by atoms with Crippen molar-refractivity contribution in [3.05, 3.63) is 58.0 Å². The molecule has 0 saturated heterocycles. The minimum Gasteiger partial charge on any atom is -0.307 e. The Bertz CT molecular complexity index is 626. The van der Waals surface area contributed by atoms with Crippen LogP contribution in [0.5, 0.6) is 0 Å². The van der Waals surface area contributed by atoms with Crippen molar-refractivity contribution in [1.82, 2.24) is 4.98 Å². The first-order valence-electron chi connectivity index (χ1n) is 5.06. The molecule has 1 aromatic heterocycles. The average molecular weight is 331 g/mol. The number of carbonyl (C=O) groups is 1. The second kappa shape index (κ2) is 5.40. The Morgan fingerprint density at radius 2 is 1.79 bits per heavy atom. The molecular weight excluding hydrogens is 325 g/mol. The van der Waals surface area contributed by atoms with Crippen molar-refractivity contribution in [3.63, 3.8) is 0 Å². The van der Waals surface area contributed by atoms with Gasteiger partial charge >= 0.3 is 0 Å². The van der Waals surface area contributed by atoms with Crippen LogP contribution in [0, 0.1) is 17.5 Å². The third-order valence-corrected chi connectivity index (χ3v) is 2.64. The molecular formula is C12H6BrF3N2O. The molecule has 1 heterocycles. The highest BCUT2D eigenvalue weighted by molar-refractivity contribution is 9.10. The summed E-state index contributed by atoms with van der Waals surface area (Å²) in [5, 5.41) is 2.34. The zero-order valence-corrected chi connectivity index (χ0v) is 10.8. The van der Waals surface area contributed by atoms with E-state index < -0.39 is 23.4 Å². The standard InChI is InChI=1S/C12H6BrF3N2O/c13-9-2-1-3-10(17-9)18-12(19)6-4-7(14)11(16)8(15)5-6/h1-5H,(H,17,18,19). The van der Waals surface area contributed by atoms with Crippen LogP contribution >= 0.6 is 15.9 Å². The maximum Gasteiger partial charge on any atom is 0.257 e. The third kappa shape index (κ3) is 3.11. The average Bonchev–Trinajstić information content (AvgIpc) is 2.35. The van der Waals surface area contributed by atoms with Crippen molar-refractivity contribution in [3.8, 4) is 0 Å². The van der Waals surface area contributed by atoms with Crippen LogP contribution in [-0.4, -0.2) is 10.9 Å². The van der Waals surface area contributed by atoms with Gasteiger partial charge in [0.2, 0.25) is 0 Å². The molecule has 1 aromatic carbocycles. The summed E-state index contributed by atoms with van der Waals surface area (Å²) in [7, 11) is 0. The van der Waals surface area contributed by atoms with Gasteiger partial charge in [-0.15, -0.1) is 0 Å². The predicted octanol–water partition coefficient (Wildman–Crippen LogP) is 3.51. The predicted molar refractivity (Wildman–Crippen MR) is 66.2 cm³/mol. The van der Waals surface area contributed by atoms with Crippen molar-refractivity contribution < 1.29 is 18.0 Å². The zero-order valence-electron chi connectivity index (χ0n) is 9.25. The van der Waals surface area contributed by atoms with Crippen LogP contribution in [0.2, 0.25) is 0 Å². The summed E-state index contributed by atoms with van der Waals surface area (Å²) < 4.78 is 39.2. The Morgan fingerprint density at radius 3 is 2.37 bits per heavy atom. The van der Waals surface area contributed by atoms with Crippen molar-refractivity contribution in [2.45, 2.75) is 0 Å². The maximum absolute atomic E-state index is 13.0. The SMILES string of the molecule is O=C(Nc1cccc(Br)n1)c1cc(F)c(F)c(F)c1. The number of nitrogens with one attached hydrogen (secondary N) is 1. The number of anilines is 1. The number of amides is 1. The first kappa shape index (κ1) is 13.5. The Morgan fingerprint density at radius 1 is 1.16 bits per heavy atom. The smallest absolute Gasteiger partial charge is 0.257 e. The first-order valence-corrected chi connectivity index (χ1v) is 5.85. The first-order chi connectivity index (χ1) is 8.97. The lowest BCUT2D eigenvalue weighted by Gasteiger charge is -2.05. The Kier molecular flexibility index (Phi) is 3.84. The molecule has 1 N–H and O–H groups in total. The van der Waals surface area contributed by atoms with Gasteiger partial charge < -0.3 is 5.32 Å². The largest absolute Gasteiger partial charge is 0.307 e. The molecule has 2 aromatic rings. The quantitative estimate of drug-likeness (QED) is 0.676.